The van der Waals surface area contributed by atoms with Gasteiger partial charge in [-0.3, -0.25) is 5.73 Å². The van der Waals surface area contributed by atoms with Gasteiger partial charge in [0, 0.05) is 6.42 Å². The van der Waals surface area contributed by atoms with Crippen LogP contribution in [0.2, 0.25) is 0 Å². The van der Waals surface area contributed by atoms with Crippen molar-refractivity contribution < 1.29 is 15.0 Å². The van der Waals surface area contributed by atoms with Gasteiger partial charge in [0.15, 0.2) is 0 Å². The molecule has 0 saturated heterocycles. The fourth-order valence-corrected chi connectivity index (χ4v) is 0.616. The highest BCUT2D eigenvalue weighted by Gasteiger charge is 2.30. The minimum absolute atomic E-state index is 0.0972. The molecule has 0 aliphatic rings. The van der Waals surface area contributed by atoms with E-state index in [1.165, 1.54) is 0 Å². The monoisotopic (exact) mass is 161 g/mol. The zero-order valence-electron chi connectivity index (χ0n) is 6.87. The van der Waals surface area contributed by atoms with E-state index in [2.05, 4.69) is 0 Å². The molecule has 4 nitrogen and oxygen atoms in total. The summed E-state index contributed by atoms with van der Waals surface area (Å²) in [6.07, 6.45) is 0.708. The van der Waals surface area contributed by atoms with Gasteiger partial charge in [-0.15, -0.1) is 0 Å². The summed E-state index contributed by atoms with van der Waals surface area (Å²) in [7, 11) is 0. The quantitative estimate of drug-likeness (QED) is 0.513. The summed E-state index contributed by atoms with van der Waals surface area (Å²) in [5, 5.41) is 17.4. The normalized spacial score (nSPS) is 16.5. The molecule has 1 atom stereocenters. The number of rotatable bonds is 4. The average molecular weight is 161 g/mol. The van der Waals surface area contributed by atoms with Crippen LogP contribution in [0.1, 0.15) is 26.7 Å². The maximum atomic E-state index is 10.3. The Morgan fingerprint density at radius 3 is 2.36 bits per heavy atom. The number of aliphatic hydroxyl groups is 1. The minimum atomic E-state index is -2.05. The summed E-state index contributed by atoms with van der Waals surface area (Å²) in [6, 6.07) is 0. The van der Waals surface area contributed by atoms with Gasteiger partial charge in [0.25, 0.3) is 0 Å². The lowest BCUT2D eigenvalue weighted by molar-refractivity contribution is -0.158. The van der Waals surface area contributed by atoms with Crippen LogP contribution in [0.15, 0.2) is 0 Å². The lowest BCUT2D eigenvalue weighted by Crippen LogP contribution is -2.47. The lowest BCUT2D eigenvalue weighted by atomic mass is 10.0. The molecule has 0 spiro atoms. The Morgan fingerprint density at radius 2 is 2.09 bits per heavy atom. The van der Waals surface area contributed by atoms with Crippen LogP contribution in [-0.2, 0) is 4.79 Å². The molecule has 0 aromatic carbocycles. The molecule has 0 aromatic heterocycles. The molecule has 0 aromatic rings. The van der Waals surface area contributed by atoms with Crippen LogP contribution in [0.25, 0.3) is 0 Å². The second-order valence-corrected chi connectivity index (χ2v) is 3.16. The highest BCUT2D eigenvalue weighted by atomic mass is 16.4. The average Bonchev–Trinajstić information content (AvgIpc) is 1.84. The van der Waals surface area contributed by atoms with E-state index in [1.54, 1.807) is 0 Å². The Kier molecular flexibility index (Phi) is 3.48. The first kappa shape index (κ1) is 10.4. The molecule has 0 saturated carbocycles. The summed E-state index contributed by atoms with van der Waals surface area (Å²) in [5.41, 5.74) is 3.01. The number of nitrogens with two attached hydrogens (primary N) is 1. The molecule has 4 heteroatoms. The zero-order valence-corrected chi connectivity index (χ0v) is 6.87. The van der Waals surface area contributed by atoms with Gasteiger partial charge >= 0.3 is 5.97 Å². The molecule has 0 rings (SSSR count). The number of aliphatic carboxylic acids is 1. The van der Waals surface area contributed by atoms with Crippen LogP contribution < -0.4 is 5.73 Å². The molecule has 0 heterocycles. The maximum absolute atomic E-state index is 10.3. The maximum Gasteiger partial charge on any atom is 0.350 e. The van der Waals surface area contributed by atoms with Gasteiger partial charge < -0.3 is 10.2 Å². The van der Waals surface area contributed by atoms with Crippen molar-refractivity contribution in [3.63, 3.8) is 0 Å². The van der Waals surface area contributed by atoms with Crippen molar-refractivity contribution >= 4 is 5.97 Å². The van der Waals surface area contributed by atoms with Crippen LogP contribution in [0.3, 0.4) is 0 Å². The van der Waals surface area contributed by atoms with Crippen LogP contribution in [-0.4, -0.2) is 21.9 Å². The highest BCUT2D eigenvalue weighted by Crippen LogP contribution is 2.11. The van der Waals surface area contributed by atoms with E-state index in [0.717, 1.165) is 0 Å². The Labute approximate surface area is 66.0 Å². The standard InChI is InChI=1S/C7H15NO3/c1-5(2)3-4-7(8,11)6(9)10/h5,11H,3-4,8H2,1-2H3,(H,9,10)/t7-/m0/s1. The van der Waals surface area contributed by atoms with E-state index in [-0.39, 0.29) is 6.42 Å². The largest absolute Gasteiger partial charge is 0.478 e. The molecule has 0 radical (unpaired) electrons. The molecule has 11 heavy (non-hydrogen) atoms. The second-order valence-electron chi connectivity index (χ2n) is 3.16. The van der Waals surface area contributed by atoms with Gasteiger partial charge in [-0.1, -0.05) is 13.8 Å². The molecular weight excluding hydrogens is 146 g/mol. The molecule has 0 unspecified atom stereocenters. The molecule has 0 fully saturated rings. The SMILES string of the molecule is CC(C)CC[C@](N)(O)C(=O)O. The minimum Gasteiger partial charge on any atom is -0.478 e. The topological polar surface area (TPSA) is 83.5 Å². The first-order valence-corrected chi connectivity index (χ1v) is 3.61. The Bertz CT molecular complexity index is 143. The van der Waals surface area contributed by atoms with Crippen LogP contribution in [0, 0.1) is 5.92 Å². The third kappa shape index (κ3) is 3.95. The first-order valence-electron chi connectivity index (χ1n) is 3.61. The van der Waals surface area contributed by atoms with E-state index in [1.807, 2.05) is 13.8 Å². The summed E-state index contributed by atoms with van der Waals surface area (Å²) >= 11 is 0. The number of carboxylic acids is 1. The Balaban J connectivity index is 3.83. The fraction of sp³-hybridized carbons (Fsp3) is 0.857. The van der Waals surface area contributed by atoms with Crippen molar-refractivity contribution in [2.24, 2.45) is 11.7 Å². The zero-order chi connectivity index (χ0) is 9.07. The summed E-state index contributed by atoms with van der Waals surface area (Å²) in [4.78, 5) is 10.3. The molecule has 0 amide bonds. The number of carboxylic acid groups (broad SMARTS) is 1. The van der Waals surface area contributed by atoms with Crippen molar-refractivity contribution in [3.8, 4) is 0 Å². The van der Waals surface area contributed by atoms with E-state index in [4.69, 9.17) is 15.9 Å². The predicted molar refractivity (Wildman–Crippen MR) is 40.8 cm³/mol. The molecule has 4 N–H and O–H groups in total. The van der Waals surface area contributed by atoms with Gasteiger partial charge in [0.05, 0.1) is 0 Å². The summed E-state index contributed by atoms with van der Waals surface area (Å²) < 4.78 is 0. The van der Waals surface area contributed by atoms with E-state index < -0.39 is 11.7 Å². The predicted octanol–water partition coefficient (Wildman–Crippen LogP) is 0.154. The van der Waals surface area contributed by atoms with Crippen molar-refractivity contribution in [3.05, 3.63) is 0 Å². The smallest absolute Gasteiger partial charge is 0.350 e. The molecule has 0 bridgehead atoms. The molecule has 0 aliphatic heterocycles. The van der Waals surface area contributed by atoms with Crippen LogP contribution >= 0.6 is 0 Å². The third-order valence-electron chi connectivity index (χ3n) is 1.47. The number of hydrogen-bond acceptors (Lipinski definition) is 3. The Hall–Kier alpha value is -0.610. The van der Waals surface area contributed by atoms with Crippen molar-refractivity contribution in [1.82, 2.24) is 0 Å². The summed E-state index contributed by atoms with van der Waals surface area (Å²) in [5.74, 6) is -1.01. The molecular formula is C7H15NO3. The third-order valence-corrected chi connectivity index (χ3v) is 1.47. The lowest BCUT2D eigenvalue weighted by Gasteiger charge is -2.18. The van der Waals surface area contributed by atoms with Crippen molar-refractivity contribution in [2.75, 3.05) is 0 Å². The van der Waals surface area contributed by atoms with Gasteiger partial charge in [-0.05, 0) is 12.3 Å². The number of carbonyl (C=O) groups is 1. The molecule has 66 valence electrons. The van der Waals surface area contributed by atoms with E-state index in [9.17, 15) is 4.79 Å². The Morgan fingerprint density at radius 1 is 1.64 bits per heavy atom. The van der Waals surface area contributed by atoms with Gasteiger partial charge in [-0.25, -0.2) is 4.79 Å². The highest BCUT2D eigenvalue weighted by molar-refractivity contribution is 5.75. The number of hydrogen-bond donors (Lipinski definition) is 3. The van der Waals surface area contributed by atoms with Gasteiger partial charge in [0.1, 0.15) is 0 Å². The van der Waals surface area contributed by atoms with Crippen molar-refractivity contribution in [2.45, 2.75) is 32.4 Å². The van der Waals surface area contributed by atoms with Gasteiger partial charge in [-0.2, -0.15) is 0 Å². The van der Waals surface area contributed by atoms with Crippen LogP contribution in [0.5, 0.6) is 0 Å². The van der Waals surface area contributed by atoms with Crippen molar-refractivity contribution in [1.29, 1.82) is 0 Å². The first-order chi connectivity index (χ1) is 4.86. The summed E-state index contributed by atoms with van der Waals surface area (Å²) in [6.45, 7) is 3.88. The second kappa shape index (κ2) is 3.69. The van der Waals surface area contributed by atoms with Gasteiger partial charge in [0.2, 0.25) is 5.72 Å². The van der Waals surface area contributed by atoms with E-state index >= 15 is 0 Å². The fourth-order valence-electron chi connectivity index (χ4n) is 0.616. The molecule has 0 aliphatic carbocycles. The van der Waals surface area contributed by atoms with E-state index in [0.29, 0.717) is 12.3 Å². The van der Waals surface area contributed by atoms with Crippen LogP contribution in [0.4, 0.5) is 0 Å².